The summed E-state index contributed by atoms with van der Waals surface area (Å²) in [4.78, 5) is 11.0. The SMILES string of the molecule is c1ccc(-c2cccc3c4ccccc4n(-c4ccccc4-c4nc(-n5c6ccccc6c6ccccc65)nc5c4sc4ccccc45)c23)cc1. The van der Waals surface area contributed by atoms with Gasteiger partial charge in [-0.2, -0.15) is 0 Å². The van der Waals surface area contributed by atoms with E-state index in [4.69, 9.17) is 9.97 Å². The summed E-state index contributed by atoms with van der Waals surface area (Å²) >= 11 is 1.77. The Kier molecular flexibility index (Phi) is 6.09. The van der Waals surface area contributed by atoms with Crippen LogP contribution in [0.3, 0.4) is 0 Å². The van der Waals surface area contributed by atoms with Crippen LogP contribution in [0.4, 0.5) is 0 Å². The summed E-state index contributed by atoms with van der Waals surface area (Å²) in [6.45, 7) is 0. The van der Waals surface area contributed by atoms with Crippen LogP contribution in [0.1, 0.15) is 0 Å². The highest BCUT2D eigenvalue weighted by atomic mass is 32.1. The molecule has 0 spiro atoms. The van der Waals surface area contributed by atoms with Gasteiger partial charge in [0.1, 0.15) is 0 Å². The van der Waals surface area contributed by atoms with E-state index in [-0.39, 0.29) is 0 Å². The number of benzene rings is 7. The lowest BCUT2D eigenvalue weighted by Gasteiger charge is -2.17. The second-order valence-corrected chi connectivity index (χ2v) is 14.0. The molecule has 7 aromatic carbocycles. The maximum Gasteiger partial charge on any atom is 0.235 e. The molecule has 4 aromatic heterocycles. The number of thiophene rings is 1. The molecule has 11 rings (SSSR count). The zero-order valence-electron chi connectivity index (χ0n) is 27.4. The van der Waals surface area contributed by atoms with Crippen molar-refractivity contribution in [2.75, 3.05) is 0 Å². The Labute approximate surface area is 297 Å². The van der Waals surface area contributed by atoms with Crippen LogP contribution in [-0.2, 0) is 0 Å². The first-order valence-electron chi connectivity index (χ1n) is 17.2. The van der Waals surface area contributed by atoms with Crippen molar-refractivity contribution in [3.63, 3.8) is 0 Å². The van der Waals surface area contributed by atoms with Gasteiger partial charge in [0.25, 0.3) is 0 Å². The molecule has 0 amide bonds. The molecule has 51 heavy (non-hydrogen) atoms. The molecule has 0 atom stereocenters. The molecule has 0 aliphatic carbocycles. The van der Waals surface area contributed by atoms with Crippen LogP contribution >= 0.6 is 11.3 Å². The fourth-order valence-electron chi connectivity index (χ4n) is 7.99. The minimum absolute atomic E-state index is 0.667. The number of hydrogen-bond acceptors (Lipinski definition) is 3. The molecule has 0 saturated carbocycles. The third-order valence-electron chi connectivity index (χ3n) is 10.2. The Hall–Kier alpha value is -6.56. The van der Waals surface area contributed by atoms with Gasteiger partial charge in [0.2, 0.25) is 5.95 Å². The van der Waals surface area contributed by atoms with E-state index in [1.165, 1.54) is 42.9 Å². The zero-order valence-corrected chi connectivity index (χ0v) is 28.2. The van der Waals surface area contributed by atoms with E-state index in [1.807, 2.05) is 0 Å². The highest BCUT2D eigenvalue weighted by Crippen LogP contribution is 2.44. The van der Waals surface area contributed by atoms with Gasteiger partial charge in [-0.05, 0) is 35.9 Å². The third-order valence-corrected chi connectivity index (χ3v) is 11.3. The first-order chi connectivity index (χ1) is 25.3. The quantitative estimate of drug-likeness (QED) is 0.187. The summed E-state index contributed by atoms with van der Waals surface area (Å²) in [6, 6.07) is 60.6. The number of nitrogens with zero attached hydrogens (tertiary/aromatic N) is 4. The Bertz CT molecular complexity index is 3090. The van der Waals surface area contributed by atoms with Gasteiger partial charge in [-0.25, -0.2) is 9.97 Å². The number of aromatic nitrogens is 4. The van der Waals surface area contributed by atoms with E-state index in [2.05, 4.69) is 179 Å². The van der Waals surface area contributed by atoms with Crippen LogP contribution in [0.2, 0.25) is 0 Å². The number of para-hydroxylation sites is 5. The number of rotatable bonds is 4. The molecular formula is C46H28N4S. The second-order valence-electron chi connectivity index (χ2n) is 13.0. The van der Waals surface area contributed by atoms with E-state index >= 15 is 0 Å². The van der Waals surface area contributed by atoms with Crippen molar-refractivity contribution < 1.29 is 0 Å². The van der Waals surface area contributed by atoms with E-state index in [9.17, 15) is 0 Å². The highest BCUT2D eigenvalue weighted by molar-refractivity contribution is 7.26. The molecule has 0 N–H and O–H groups in total. The van der Waals surface area contributed by atoms with Gasteiger partial charge >= 0.3 is 0 Å². The van der Waals surface area contributed by atoms with Gasteiger partial charge < -0.3 is 4.57 Å². The smallest absolute Gasteiger partial charge is 0.235 e. The zero-order chi connectivity index (χ0) is 33.5. The molecule has 0 unspecified atom stereocenters. The molecule has 0 fully saturated rings. The summed E-state index contributed by atoms with van der Waals surface area (Å²) in [5.74, 6) is 0.667. The molecule has 0 saturated heterocycles. The molecule has 0 bridgehead atoms. The monoisotopic (exact) mass is 668 g/mol. The van der Waals surface area contributed by atoms with E-state index < -0.39 is 0 Å². The van der Waals surface area contributed by atoms with Crippen molar-refractivity contribution in [1.29, 1.82) is 0 Å². The van der Waals surface area contributed by atoms with Crippen molar-refractivity contribution in [3.05, 3.63) is 170 Å². The summed E-state index contributed by atoms with van der Waals surface area (Å²) in [5, 5.41) is 5.97. The van der Waals surface area contributed by atoms with E-state index in [0.717, 1.165) is 49.1 Å². The van der Waals surface area contributed by atoms with Crippen LogP contribution in [0, 0.1) is 0 Å². The standard InChI is InChI=1S/C46H28N4S/c1-2-15-29(16-3-1)30-22-14-23-34-33-19-6-9-24-37(33)49(44(30)34)40-27-12-7-20-35(40)42-45-43(36-21-8-13-28-41(36)51-45)48-46(47-42)50-38-25-10-4-17-31(38)32-18-5-11-26-39(32)50/h1-28H. The summed E-state index contributed by atoms with van der Waals surface area (Å²) in [6.07, 6.45) is 0. The maximum absolute atomic E-state index is 5.57. The van der Waals surface area contributed by atoms with Gasteiger partial charge in [0.05, 0.1) is 43.7 Å². The van der Waals surface area contributed by atoms with Gasteiger partial charge in [-0.3, -0.25) is 4.57 Å². The minimum Gasteiger partial charge on any atom is -0.308 e. The van der Waals surface area contributed by atoms with Crippen LogP contribution in [0.15, 0.2) is 170 Å². The van der Waals surface area contributed by atoms with Crippen molar-refractivity contribution in [3.8, 4) is 34.0 Å². The first-order valence-corrected chi connectivity index (χ1v) is 18.0. The Morgan fingerprint density at radius 1 is 0.412 bits per heavy atom. The van der Waals surface area contributed by atoms with Gasteiger partial charge in [0, 0.05) is 42.8 Å². The van der Waals surface area contributed by atoms with E-state index in [1.54, 1.807) is 11.3 Å². The summed E-state index contributed by atoms with van der Waals surface area (Å²) < 4.78 is 6.96. The predicted octanol–water partition coefficient (Wildman–Crippen LogP) is 12.4. The first kappa shape index (κ1) is 28.3. The maximum atomic E-state index is 5.57. The Morgan fingerprint density at radius 3 is 1.71 bits per heavy atom. The van der Waals surface area contributed by atoms with Crippen LogP contribution < -0.4 is 0 Å². The molecule has 11 aromatic rings. The molecular weight excluding hydrogens is 641 g/mol. The summed E-state index contributed by atoms with van der Waals surface area (Å²) in [7, 11) is 0. The average Bonchev–Trinajstić information content (AvgIpc) is 3.86. The lowest BCUT2D eigenvalue weighted by molar-refractivity contribution is 1.02. The largest absolute Gasteiger partial charge is 0.308 e. The third kappa shape index (κ3) is 4.13. The van der Waals surface area contributed by atoms with Crippen molar-refractivity contribution >= 4 is 75.3 Å². The van der Waals surface area contributed by atoms with Gasteiger partial charge in [-0.15, -0.1) is 11.3 Å². The summed E-state index contributed by atoms with van der Waals surface area (Å²) in [5.41, 5.74) is 10.9. The van der Waals surface area contributed by atoms with Crippen LogP contribution in [0.25, 0.3) is 97.9 Å². The fraction of sp³-hybridized carbons (Fsp3) is 0. The molecule has 0 aliphatic heterocycles. The molecule has 5 heteroatoms. The van der Waals surface area contributed by atoms with Gasteiger partial charge in [0.15, 0.2) is 0 Å². The molecule has 4 nitrogen and oxygen atoms in total. The predicted molar refractivity (Wildman–Crippen MR) is 214 cm³/mol. The lowest BCUT2D eigenvalue weighted by Crippen LogP contribution is -2.04. The van der Waals surface area contributed by atoms with Crippen LogP contribution in [0.5, 0.6) is 0 Å². The van der Waals surface area contributed by atoms with Crippen molar-refractivity contribution in [2.45, 2.75) is 0 Å². The molecule has 0 aliphatic rings. The normalized spacial score (nSPS) is 11.9. The topological polar surface area (TPSA) is 35.6 Å². The molecule has 0 radical (unpaired) electrons. The van der Waals surface area contributed by atoms with Gasteiger partial charge in [-0.1, -0.05) is 140 Å². The van der Waals surface area contributed by atoms with Crippen molar-refractivity contribution in [2.24, 2.45) is 0 Å². The van der Waals surface area contributed by atoms with Crippen LogP contribution in [-0.4, -0.2) is 19.1 Å². The Balaban J connectivity index is 1.28. The second kappa shape index (κ2) is 11.0. The number of fused-ring (bicyclic) bond motifs is 9. The molecule has 4 heterocycles. The molecule has 238 valence electrons. The fourth-order valence-corrected chi connectivity index (χ4v) is 9.13. The van der Waals surface area contributed by atoms with E-state index in [0.29, 0.717) is 5.95 Å². The highest BCUT2D eigenvalue weighted by Gasteiger charge is 2.23. The van der Waals surface area contributed by atoms with Crippen molar-refractivity contribution in [1.82, 2.24) is 19.1 Å². The average molecular weight is 669 g/mol. The Morgan fingerprint density at radius 2 is 0.961 bits per heavy atom. The minimum atomic E-state index is 0.667. The number of hydrogen-bond donors (Lipinski definition) is 0. The lowest BCUT2D eigenvalue weighted by atomic mass is 10.0.